The molecular weight excluding hydrogens is 556 g/mol. The van der Waals surface area contributed by atoms with Crippen LogP contribution < -0.4 is 25.3 Å². The number of thioether (sulfide) groups is 1. The number of nitrogens with zero attached hydrogens (tertiary/aromatic N) is 4. The number of amides is 1. The highest BCUT2D eigenvalue weighted by atomic mass is 32.2. The van der Waals surface area contributed by atoms with E-state index in [9.17, 15) is 20.1 Å². The summed E-state index contributed by atoms with van der Waals surface area (Å²) in [6.07, 6.45) is 0.0937. The van der Waals surface area contributed by atoms with Crippen LogP contribution in [0.25, 0.3) is 11.1 Å². The lowest BCUT2D eigenvalue weighted by atomic mass is 9.96. The van der Waals surface area contributed by atoms with E-state index in [2.05, 4.69) is 21.4 Å². The third-order valence-electron chi connectivity index (χ3n) is 5.37. The molecule has 3 aromatic rings. The molecule has 208 valence electrons. The Kier molecular flexibility index (Phi) is 10.5. The highest BCUT2D eigenvalue weighted by Crippen LogP contribution is 2.44. The summed E-state index contributed by atoms with van der Waals surface area (Å²) in [6, 6.07) is 7.38. The Labute approximate surface area is 239 Å². The topological polar surface area (TPSA) is 182 Å². The third kappa shape index (κ3) is 6.91. The number of nitrogen functional groups attached to an aromatic ring is 1. The third-order valence-corrected chi connectivity index (χ3v) is 7.15. The largest absolute Gasteiger partial charge is 0.493 e. The molecule has 2 heterocycles. The maximum Gasteiger partial charge on any atom is 0.311 e. The van der Waals surface area contributed by atoms with Gasteiger partial charge in [0, 0.05) is 23.1 Å². The van der Waals surface area contributed by atoms with Crippen LogP contribution in [-0.4, -0.2) is 55.5 Å². The van der Waals surface area contributed by atoms with Gasteiger partial charge in [-0.05, 0) is 24.6 Å². The van der Waals surface area contributed by atoms with Crippen LogP contribution in [0.5, 0.6) is 17.2 Å². The second-order valence-corrected chi connectivity index (χ2v) is 9.78. The van der Waals surface area contributed by atoms with Crippen LogP contribution in [-0.2, 0) is 20.7 Å². The molecule has 0 fully saturated rings. The zero-order valence-electron chi connectivity index (χ0n) is 22.2. The summed E-state index contributed by atoms with van der Waals surface area (Å²) in [5.74, 6) is 0.506. The van der Waals surface area contributed by atoms with Gasteiger partial charge in [-0.2, -0.15) is 10.5 Å². The van der Waals surface area contributed by atoms with Crippen LogP contribution in [0, 0.1) is 22.7 Å². The van der Waals surface area contributed by atoms with E-state index in [1.54, 1.807) is 24.4 Å². The Morgan fingerprint density at radius 2 is 1.75 bits per heavy atom. The number of carbonyl (C=O) groups is 2. The Balaban J connectivity index is 1.82. The second-order valence-electron chi connectivity index (χ2n) is 7.84. The second kappa shape index (κ2) is 14.0. The van der Waals surface area contributed by atoms with Crippen molar-refractivity contribution in [1.82, 2.24) is 9.97 Å². The summed E-state index contributed by atoms with van der Waals surface area (Å²) in [5.41, 5.74) is 7.47. The number of methoxy groups -OCH3 is 3. The minimum absolute atomic E-state index is 0.0209. The molecule has 0 aliphatic carbocycles. The standard InChI is InChI=1S/C26H26N6O6S2/c1-5-38-21(34)10-15-13-40-26(30-15)31-20(33)6-7-39-25-17(12-28)22(16(11-27)24(29)32-25)14-8-18(35-2)23(37-4)19(9-14)36-3/h8-9,13H,5-7,10H2,1-4H3,(H2,29,32)(H,30,31,33). The van der Waals surface area contributed by atoms with Crippen molar-refractivity contribution in [2.45, 2.75) is 24.8 Å². The van der Waals surface area contributed by atoms with Crippen LogP contribution in [0.15, 0.2) is 22.5 Å². The van der Waals surface area contributed by atoms with E-state index < -0.39 is 5.97 Å². The van der Waals surface area contributed by atoms with Crippen molar-refractivity contribution in [1.29, 1.82) is 10.5 Å². The number of hydrogen-bond acceptors (Lipinski definition) is 13. The first-order valence-corrected chi connectivity index (χ1v) is 13.6. The van der Waals surface area contributed by atoms with Crippen LogP contribution in [0.4, 0.5) is 10.9 Å². The molecule has 0 saturated carbocycles. The summed E-state index contributed by atoms with van der Waals surface area (Å²) in [6.45, 7) is 2.00. The molecule has 1 amide bonds. The van der Waals surface area contributed by atoms with E-state index in [1.807, 2.05) is 6.07 Å². The van der Waals surface area contributed by atoms with Crippen molar-refractivity contribution in [3.63, 3.8) is 0 Å². The minimum atomic E-state index is -0.393. The van der Waals surface area contributed by atoms with Gasteiger partial charge in [0.2, 0.25) is 11.7 Å². The number of anilines is 2. The van der Waals surface area contributed by atoms with Crippen LogP contribution in [0.2, 0.25) is 0 Å². The molecule has 12 nitrogen and oxygen atoms in total. The highest BCUT2D eigenvalue weighted by molar-refractivity contribution is 7.99. The molecule has 1 aromatic carbocycles. The number of nitriles is 2. The lowest BCUT2D eigenvalue weighted by molar-refractivity contribution is -0.142. The molecule has 0 unspecified atom stereocenters. The van der Waals surface area contributed by atoms with Crippen molar-refractivity contribution >= 4 is 45.9 Å². The van der Waals surface area contributed by atoms with Gasteiger partial charge in [-0.3, -0.25) is 9.59 Å². The number of benzene rings is 1. The summed E-state index contributed by atoms with van der Waals surface area (Å²) < 4.78 is 21.1. The molecule has 0 radical (unpaired) electrons. The average molecular weight is 583 g/mol. The number of ether oxygens (including phenoxy) is 4. The number of hydrogen-bond donors (Lipinski definition) is 2. The van der Waals surface area contributed by atoms with Gasteiger partial charge < -0.3 is 30.0 Å². The van der Waals surface area contributed by atoms with Gasteiger partial charge in [0.1, 0.15) is 28.5 Å². The lowest BCUT2D eigenvalue weighted by Gasteiger charge is -2.17. The lowest BCUT2D eigenvalue weighted by Crippen LogP contribution is -2.13. The normalized spacial score (nSPS) is 10.2. The molecule has 0 atom stereocenters. The SMILES string of the molecule is CCOC(=O)Cc1csc(NC(=O)CCSc2nc(N)c(C#N)c(-c3cc(OC)c(OC)c(OC)c3)c2C#N)n1. The Morgan fingerprint density at radius 1 is 1.07 bits per heavy atom. The van der Waals surface area contributed by atoms with Gasteiger partial charge in [0.25, 0.3) is 0 Å². The monoisotopic (exact) mass is 582 g/mol. The van der Waals surface area contributed by atoms with Gasteiger partial charge >= 0.3 is 5.97 Å². The van der Waals surface area contributed by atoms with Gasteiger partial charge in [0.05, 0.1) is 45.6 Å². The molecule has 0 spiro atoms. The van der Waals surface area contributed by atoms with Crippen molar-refractivity contribution < 1.29 is 28.5 Å². The molecule has 14 heteroatoms. The number of thiazole rings is 1. The maximum atomic E-state index is 12.5. The van der Waals surface area contributed by atoms with Crippen LogP contribution in [0.3, 0.4) is 0 Å². The number of nitrogens with two attached hydrogens (primary N) is 1. The fourth-order valence-electron chi connectivity index (χ4n) is 3.64. The summed E-state index contributed by atoms with van der Waals surface area (Å²) >= 11 is 2.35. The predicted molar refractivity (Wildman–Crippen MR) is 150 cm³/mol. The van der Waals surface area contributed by atoms with Crippen molar-refractivity contribution in [3.05, 3.63) is 34.3 Å². The molecule has 0 saturated heterocycles. The van der Waals surface area contributed by atoms with E-state index >= 15 is 0 Å². The number of esters is 1. The zero-order valence-corrected chi connectivity index (χ0v) is 23.8. The summed E-state index contributed by atoms with van der Waals surface area (Å²) in [7, 11) is 4.38. The fourth-order valence-corrected chi connectivity index (χ4v) is 5.31. The van der Waals surface area contributed by atoms with Crippen molar-refractivity contribution in [2.75, 3.05) is 44.7 Å². The first kappa shape index (κ1) is 30.0. The number of pyridine rings is 1. The molecule has 0 aliphatic rings. The number of aromatic nitrogens is 2. The molecule has 0 aliphatic heterocycles. The first-order valence-electron chi connectivity index (χ1n) is 11.8. The smallest absolute Gasteiger partial charge is 0.311 e. The molecule has 3 rings (SSSR count). The number of rotatable bonds is 12. The maximum absolute atomic E-state index is 12.5. The Bertz CT molecular complexity index is 1470. The molecule has 40 heavy (non-hydrogen) atoms. The van der Waals surface area contributed by atoms with E-state index in [0.717, 1.165) is 11.8 Å². The van der Waals surface area contributed by atoms with Gasteiger partial charge in [0.15, 0.2) is 16.6 Å². The molecule has 2 aromatic heterocycles. The van der Waals surface area contributed by atoms with Gasteiger partial charge in [-0.1, -0.05) is 0 Å². The van der Waals surface area contributed by atoms with Crippen LogP contribution >= 0.6 is 23.1 Å². The van der Waals surface area contributed by atoms with E-state index in [4.69, 9.17) is 24.7 Å². The van der Waals surface area contributed by atoms with Crippen molar-refractivity contribution in [2.24, 2.45) is 0 Å². The summed E-state index contributed by atoms with van der Waals surface area (Å²) in [5, 5.41) is 24.9. The fraction of sp³-hybridized carbons (Fsp3) is 0.308. The number of carbonyl (C=O) groups excluding carboxylic acids is 2. The molecule has 3 N–H and O–H groups in total. The Morgan fingerprint density at radius 3 is 2.33 bits per heavy atom. The van der Waals surface area contributed by atoms with Crippen LogP contribution in [0.1, 0.15) is 30.2 Å². The Hall–Kier alpha value is -4.53. The van der Waals surface area contributed by atoms with Gasteiger partial charge in [-0.15, -0.1) is 23.1 Å². The quantitative estimate of drug-likeness (QED) is 0.233. The predicted octanol–water partition coefficient (Wildman–Crippen LogP) is 3.78. The van der Waals surface area contributed by atoms with Gasteiger partial charge in [-0.25, -0.2) is 9.97 Å². The number of nitrogens with one attached hydrogen (secondary N) is 1. The first-order chi connectivity index (χ1) is 19.3. The highest BCUT2D eigenvalue weighted by Gasteiger charge is 2.24. The van der Waals surface area contributed by atoms with Crippen molar-refractivity contribution in [3.8, 4) is 40.5 Å². The van der Waals surface area contributed by atoms with E-state index in [-0.39, 0.29) is 58.6 Å². The van der Waals surface area contributed by atoms with E-state index in [0.29, 0.717) is 33.6 Å². The molecule has 0 bridgehead atoms. The van der Waals surface area contributed by atoms with E-state index in [1.165, 1.54) is 32.7 Å². The zero-order chi connectivity index (χ0) is 29.2. The molecular formula is C26H26N6O6S2. The minimum Gasteiger partial charge on any atom is -0.493 e. The summed E-state index contributed by atoms with van der Waals surface area (Å²) in [4.78, 5) is 32.6. The average Bonchev–Trinajstić information content (AvgIpc) is 3.37.